The predicted molar refractivity (Wildman–Crippen MR) is 84.2 cm³/mol. The van der Waals surface area contributed by atoms with Crippen LogP contribution in [0.3, 0.4) is 0 Å². The summed E-state index contributed by atoms with van der Waals surface area (Å²) >= 11 is 0. The number of halogens is 3. The Kier molecular flexibility index (Phi) is 7.37. The number of nitrogens with zero attached hydrogens (tertiary/aromatic N) is 1. The molecule has 2 rings (SSSR count). The molecule has 0 bridgehead atoms. The average Bonchev–Trinajstić information content (AvgIpc) is 2.56. The average molecular weight is 328 g/mol. The summed E-state index contributed by atoms with van der Waals surface area (Å²) in [6, 6.07) is 5.43. The molecule has 1 N–H and O–H groups in total. The summed E-state index contributed by atoms with van der Waals surface area (Å²) in [6.45, 7) is 4.00. The molecular formula is C17H23F3N2O. The van der Waals surface area contributed by atoms with E-state index in [1.54, 1.807) is 13.2 Å². The fourth-order valence-corrected chi connectivity index (χ4v) is 2.65. The van der Waals surface area contributed by atoms with E-state index in [0.717, 1.165) is 31.7 Å². The summed E-state index contributed by atoms with van der Waals surface area (Å²) in [4.78, 5) is 0. The van der Waals surface area contributed by atoms with Crippen LogP contribution in [0, 0.1) is 11.3 Å². The van der Waals surface area contributed by atoms with E-state index in [4.69, 9.17) is 10.00 Å². The number of nitrogens with one attached hydrogen (secondary N) is 1. The summed E-state index contributed by atoms with van der Waals surface area (Å²) in [7, 11) is 1.69. The molecular weight excluding hydrogens is 305 g/mol. The molecule has 1 aromatic carbocycles. The van der Waals surface area contributed by atoms with Gasteiger partial charge in [0.05, 0.1) is 23.3 Å². The quantitative estimate of drug-likeness (QED) is 0.852. The monoisotopic (exact) mass is 328 g/mol. The molecule has 0 aliphatic heterocycles. The Morgan fingerprint density at radius 3 is 2.26 bits per heavy atom. The van der Waals surface area contributed by atoms with Crippen molar-refractivity contribution in [2.45, 2.75) is 57.9 Å². The van der Waals surface area contributed by atoms with Crippen molar-refractivity contribution in [3.63, 3.8) is 0 Å². The zero-order chi connectivity index (χ0) is 17.5. The molecule has 0 unspecified atom stereocenters. The zero-order valence-electron chi connectivity index (χ0n) is 13.7. The Morgan fingerprint density at radius 2 is 1.78 bits per heavy atom. The van der Waals surface area contributed by atoms with Crippen LogP contribution < -0.4 is 5.32 Å². The van der Waals surface area contributed by atoms with Gasteiger partial charge in [0.15, 0.2) is 0 Å². The Hall–Kier alpha value is -1.74. The molecule has 6 heteroatoms. The van der Waals surface area contributed by atoms with E-state index >= 15 is 0 Å². The van der Waals surface area contributed by atoms with Crippen LogP contribution in [0.15, 0.2) is 18.2 Å². The second kappa shape index (κ2) is 8.78. The molecule has 1 fully saturated rings. The first-order chi connectivity index (χ1) is 10.9. The van der Waals surface area contributed by atoms with Crippen LogP contribution in [0.4, 0.5) is 18.9 Å². The molecule has 0 aromatic heterocycles. The number of hydrogen-bond donors (Lipinski definition) is 1. The Bertz CT molecular complexity index is 530. The van der Waals surface area contributed by atoms with Gasteiger partial charge in [-0.3, -0.25) is 0 Å². The predicted octanol–water partition coefficient (Wildman–Crippen LogP) is 4.97. The summed E-state index contributed by atoms with van der Waals surface area (Å²) in [5.41, 5.74) is -0.683. The minimum Gasteiger partial charge on any atom is -0.382 e. The number of methoxy groups -OCH3 is 1. The molecule has 1 saturated carbocycles. The Labute approximate surface area is 135 Å². The van der Waals surface area contributed by atoms with E-state index in [0.29, 0.717) is 5.69 Å². The van der Waals surface area contributed by atoms with E-state index in [1.807, 2.05) is 13.8 Å². The van der Waals surface area contributed by atoms with Gasteiger partial charge in [0.2, 0.25) is 0 Å². The van der Waals surface area contributed by atoms with Gasteiger partial charge in [-0.15, -0.1) is 0 Å². The molecule has 0 spiro atoms. The zero-order valence-corrected chi connectivity index (χ0v) is 13.7. The number of hydrogen-bond acceptors (Lipinski definition) is 3. The standard InChI is InChI=1S/C15H17F3N2O.C2H6/c1-21-13-5-2-11(3-6-13)20-12-4-7-14(15(16,17)18)10(8-12)9-19;1-2/h4,7-8,11,13,20H,2-3,5-6H2,1H3;1-2H3. The van der Waals surface area contributed by atoms with Gasteiger partial charge in [-0.2, -0.15) is 18.4 Å². The van der Waals surface area contributed by atoms with Gasteiger partial charge in [-0.25, -0.2) is 0 Å². The lowest BCUT2D eigenvalue weighted by atomic mass is 9.92. The highest BCUT2D eigenvalue weighted by Crippen LogP contribution is 2.33. The van der Waals surface area contributed by atoms with Crippen molar-refractivity contribution in [3.05, 3.63) is 29.3 Å². The van der Waals surface area contributed by atoms with Crippen molar-refractivity contribution in [1.82, 2.24) is 0 Å². The first-order valence-electron chi connectivity index (χ1n) is 7.84. The van der Waals surface area contributed by atoms with Gasteiger partial charge in [0, 0.05) is 18.8 Å². The van der Waals surface area contributed by atoms with Gasteiger partial charge in [-0.05, 0) is 43.9 Å². The second-order valence-electron chi connectivity index (χ2n) is 5.22. The third-order valence-corrected chi connectivity index (χ3v) is 3.82. The highest BCUT2D eigenvalue weighted by molar-refractivity contribution is 5.54. The van der Waals surface area contributed by atoms with E-state index < -0.39 is 11.7 Å². The lowest BCUT2D eigenvalue weighted by Gasteiger charge is -2.29. The number of rotatable bonds is 3. The van der Waals surface area contributed by atoms with Crippen molar-refractivity contribution < 1.29 is 17.9 Å². The van der Waals surface area contributed by atoms with E-state index in [2.05, 4.69) is 5.32 Å². The van der Waals surface area contributed by atoms with Crippen LogP contribution in [0.2, 0.25) is 0 Å². The summed E-state index contributed by atoms with van der Waals surface area (Å²) in [5, 5.41) is 12.1. The SMILES string of the molecule is CC.COC1CCC(Nc2ccc(C(F)(F)F)c(C#N)c2)CC1. The topological polar surface area (TPSA) is 45.0 Å². The van der Waals surface area contributed by atoms with Gasteiger partial charge in [0.1, 0.15) is 0 Å². The molecule has 0 saturated heterocycles. The summed E-state index contributed by atoms with van der Waals surface area (Å²) < 4.78 is 43.5. The number of benzene rings is 1. The Balaban J connectivity index is 0.00000127. The van der Waals surface area contributed by atoms with E-state index in [-0.39, 0.29) is 17.7 Å². The first kappa shape index (κ1) is 19.3. The van der Waals surface area contributed by atoms with Crippen LogP contribution in [0.1, 0.15) is 50.7 Å². The van der Waals surface area contributed by atoms with E-state index in [1.165, 1.54) is 12.1 Å². The molecule has 23 heavy (non-hydrogen) atoms. The van der Waals surface area contributed by atoms with Gasteiger partial charge in [0.25, 0.3) is 0 Å². The van der Waals surface area contributed by atoms with Crippen molar-refractivity contribution >= 4 is 5.69 Å². The molecule has 128 valence electrons. The fourth-order valence-electron chi connectivity index (χ4n) is 2.65. The molecule has 0 radical (unpaired) electrons. The minimum absolute atomic E-state index is 0.208. The number of anilines is 1. The van der Waals surface area contributed by atoms with Crippen LogP contribution in [0.25, 0.3) is 0 Å². The van der Waals surface area contributed by atoms with Gasteiger partial charge < -0.3 is 10.1 Å². The molecule has 0 amide bonds. The number of alkyl halides is 3. The largest absolute Gasteiger partial charge is 0.417 e. The van der Waals surface area contributed by atoms with Crippen molar-refractivity contribution in [1.29, 1.82) is 5.26 Å². The van der Waals surface area contributed by atoms with Crippen LogP contribution in [-0.4, -0.2) is 19.3 Å². The van der Waals surface area contributed by atoms with Gasteiger partial charge in [-0.1, -0.05) is 13.8 Å². The molecule has 3 nitrogen and oxygen atoms in total. The molecule has 1 aliphatic carbocycles. The summed E-state index contributed by atoms with van der Waals surface area (Å²) in [5.74, 6) is 0. The van der Waals surface area contributed by atoms with Crippen molar-refractivity contribution in [3.8, 4) is 6.07 Å². The Morgan fingerprint density at radius 1 is 1.17 bits per heavy atom. The highest BCUT2D eigenvalue weighted by Gasteiger charge is 2.33. The smallest absolute Gasteiger partial charge is 0.382 e. The molecule has 1 aliphatic rings. The fraction of sp³-hybridized carbons (Fsp3) is 0.588. The molecule has 0 heterocycles. The van der Waals surface area contributed by atoms with Crippen molar-refractivity contribution in [2.24, 2.45) is 0 Å². The van der Waals surface area contributed by atoms with E-state index in [9.17, 15) is 13.2 Å². The summed E-state index contributed by atoms with van der Waals surface area (Å²) in [6.07, 6.45) is -0.562. The number of nitriles is 1. The van der Waals surface area contributed by atoms with Crippen LogP contribution in [0.5, 0.6) is 0 Å². The lowest BCUT2D eigenvalue weighted by Crippen LogP contribution is -2.29. The van der Waals surface area contributed by atoms with Crippen LogP contribution >= 0.6 is 0 Å². The van der Waals surface area contributed by atoms with Crippen molar-refractivity contribution in [2.75, 3.05) is 12.4 Å². The number of ether oxygens (including phenoxy) is 1. The van der Waals surface area contributed by atoms with Crippen LogP contribution in [-0.2, 0) is 10.9 Å². The highest BCUT2D eigenvalue weighted by atomic mass is 19.4. The maximum absolute atomic E-state index is 12.7. The maximum atomic E-state index is 12.7. The van der Waals surface area contributed by atoms with Gasteiger partial charge >= 0.3 is 6.18 Å². The molecule has 0 atom stereocenters. The molecule has 1 aromatic rings. The lowest BCUT2D eigenvalue weighted by molar-refractivity contribution is -0.137. The third-order valence-electron chi connectivity index (χ3n) is 3.82. The minimum atomic E-state index is -4.50. The second-order valence-corrected chi connectivity index (χ2v) is 5.22. The normalized spacial score (nSPS) is 20.9. The first-order valence-corrected chi connectivity index (χ1v) is 7.84. The third kappa shape index (κ3) is 5.43. The maximum Gasteiger partial charge on any atom is 0.417 e.